The predicted molar refractivity (Wildman–Crippen MR) is 55.8 cm³/mol. The Labute approximate surface area is 86.7 Å². The molecule has 2 aromatic heterocycles. The van der Waals surface area contributed by atoms with E-state index in [1.165, 1.54) is 6.21 Å². The molecule has 2 rings (SSSR count). The van der Waals surface area contributed by atoms with E-state index in [0.29, 0.717) is 0 Å². The van der Waals surface area contributed by atoms with Gasteiger partial charge < -0.3 is 5.21 Å². The van der Waals surface area contributed by atoms with Crippen LogP contribution in [0.5, 0.6) is 0 Å². The number of hydrogen-bond donors (Lipinski definition) is 1. The number of aryl methyl sites for hydroxylation is 1. The summed E-state index contributed by atoms with van der Waals surface area (Å²) in [5, 5.41) is 15.8. The van der Waals surface area contributed by atoms with Gasteiger partial charge in [-0.1, -0.05) is 5.16 Å². The topological polar surface area (TPSA) is 63.3 Å². The molecule has 5 nitrogen and oxygen atoms in total. The third-order valence-corrected chi connectivity index (χ3v) is 1.99. The van der Waals surface area contributed by atoms with E-state index in [2.05, 4.69) is 15.2 Å². The molecule has 5 heteroatoms. The van der Waals surface area contributed by atoms with Gasteiger partial charge in [0.25, 0.3) is 0 Å². The van der Waals surface area contributed by atoms with Crippen molar-refractivity contribution >= 4 is 6.21 Å². The molecular formula is C10H10N4O. The molecule has 0 aliphatic heterocycles. The Morgan fingerprint density at radius 2 is 2.40 bits per heavy atom. The van der Waals surface area contributed by atoms with Crippen molar-refractivity contribution in [1.82, 2.24) is 14.8 Å². The first-order chi connectivity index (χ1) is 7.31. The number of hydrogen-bond acceptors (Lipinski definition) is 4. The zero-order chi connectivity index (χ0) is 10.7. The van der Waals surface area contributed by atoms with Crippen LogP contribution in [-0.2, 0) is 7.05 Å². The number of rotatable bonds is 2. The maximum absolute atomic E-state index is 8.52. The van der Waals surface area contributed by atoms with Gasteiger partial charge in [-0.05, 0) is 12.1 Å². The second-order valence-electron chi connectivity index (χ2n) is 3.09. The molecule has 0 unspecified atom stereocenters. The summed E-state index contributed by atoms with van der Waals surface area (Å²) in [6, 6.07) is 3.74. The monoisotopic (exact) mass is 202 g/mol. The van der Waals surface area contributed by atoms with Crippen LogP contribution in [0.4, 0.5) is 0 Å². The highest BCUT2D eigenvalue weighted by Crippen LogP contribution is 2.18. The maximum atomic E-state index is 8.52. The predicted octanol–water partition coefficient (Wildman–Crippen LogP) is 1.29. The largest absolute Gasteiger partial charge is 0.411 e. The summed E-state index contributed by atoms with van der Waals surface area (Å²) in [7, 11) is 1.81. The average Bonchev–Trinajstić information content (AvgIpc) is 2.62. The summed E-state index contributed by atoms with van der Waals surface area (Å²) in [5.41, 5.74) is 2.41. The van der Waals surface area contributed by atoms with E-state index >= 15 is 0 Å². The molecule has 0 saturated heterocycles. The van der Waals surface area contributed by atoms with Gasteiger partial charge in [0.05, 0.1) is 6.21 Å². The van der Waals surface area contributed by atoms with Crippen molar-refractivity contribution in [2.24, 2.45) is 12.2 Å². The number of oxime groups is 1. The lowest BCUT2D eigenvalue weighted by atomic mass is 10.1. The van der Waals surface area contributed by atoms with E-state index in [-0.39, 0.29) is 0 Å². The molecular weight excluding hydrogens is 192 g/mol. The van der Waals surface area contributed by atoms with Crippen LogP contribution < -0.4 is 0 Å². The van der Waals surface area contributed by atoms with Crippen LogP contribution >= 0.6 is 0 Å². The van der Waals surface area contributed by atoms with Crippen molar-refractivity contribution in [2.75, 3.05) is 0 Å². The Hall–Kier alpha value is -2.17. The standard InChI is InChI=1S/C10H10N4O/c1-14-7-9(6-12-15)10(13-14)8-3-2-4-11-5-8/h2-7,15H,1H3/b12-6+. The van der Waals surface area contributed by atoms with Gasteiger partial charge in [-0.3, -0.25) is 9.67 Å². The molecule has 0 aliphatic carbocycles. The van der Waals surface area contributed by atoms with Crippen LogP contribution in [-0.4, -0.2) is 26.2 Å². The second kappa shape index (κ2) is 3.91. The van der Waals surface area contributed by atoms with Crippen molar-refractivity contribution in [3.05, 3.63) is 36.3 Å². The number of nitrogens with zero attached hydrogens (tertiary/aromatic N) is 4. The van der Waals surface area contributed by atoms with Crippen LogP contribution in [0.3, 0.4) is 0 Å². The normalized spacial score (nSPS) is 11.0. The minimum absolute atomic E-state index is 0.753. The second-order valence-corrected chi connectivity index (χ2v) is 3.09. The quantitative estimate of drug-likeness (QED) is 0.453. The van der Waals surface area contributed by atoms with E-state index in [4.69, 9.17) is 5.21 Å². The smallest absolute Gasteiger partial charge is 0.103 e. The summed E-state index contributed by atoms with van der Waals surface area (Å²) in [5.74, 6) is 0. The molecule has 2 aromatic rings. The fraction of sp³-hybridized carbons (Fsp3) is 0.100. The zero-order valence-electron chi connectivity index (χ0n) is 8.20. The molecule has 0 aliphatic rings. The molecule has 0 saturated carbocycles. The molecule has 0 amide bonds. The lowest BCUT2D eigenvalue weighted by Crippen LogP contribution is -1.88. The van der Waals surface area contributed by atoms with Gasteiger partial charge >= 0.3 is 0 Å². The average molecular weight is 202 g/mol. The molecule has 76 valence electrons. The van der Waals surface area contributed by atoms with Gasteiger partial charge in [0.15, 0.2) is 0 Å². The molecule has 0 fully saturated rings. The molecule has 0 atom stereocenters. The van der Waals surface area contributed by atoms with E-state index in [1.807, 2.05) is 19.2 Å². The van der Waals surface area contributed by atoms with Gasteiger partial charge in [-0.15, -0.1) is 0 Å². The lowest BCUT2D eigenvalue weighted by Gasteiger charge is -1.95. The molecule has 15 heavy (non-hydrogen) atoms. The van der Waals surface area contributed by atoms with E-state index in [9.17, 15) is 0 Å². The Morgan fingerprint density at radius 1 is 1.53 bits per heavy atom. The van der Waals surface area contributed by atoms with E-state index in [1.54, 1.807) is 23.3 Å². The van der Waals surface area contributed by atoms with Crippen LogP contribution in [0, 0.1) is 0 Å². The molecule has 0 radical (unpaired) electrons. The van der Waals surface area contributed by atoms with Gasteiger partial charge in [-0.25, -0.2) is 0 Å². The van der Waals surface area contributed by atoms with Crippen LogP contribution in [0.1, 0.15) is 5.56 Å². The van der Waals surface area contributed by atoms with Gasteiger partial charge in [0.1, 0.15) is 5.69 Å². The van der Waals surface area contributed by atoms with Crippen molar-refractivity contribution in [3.63, 3.8) is 0 Å². The summed E-state index contributed by atoms with van der Waals surface area (Å²) < 4.78 is 1.67. The highest BCUT2D eigenvalue weighted by molar-refractivity contribution is 5.87. The molecule has 1 N–H and O–H groups in total. The number of pyridine rings is 1. The fourth-order valence-corrected chi connectivity index (χ4v) is 1.39. The van der Waals surface area contributed by atoms with Gasteiger partial charge in [-0.2, -0.15) is 5.10 Å². The van der Waals surface area contributed by atoms with Gasteiger partial charge in [0.2, 0.25) is 0 Å². The van der Waals surface area contributed by atoms with Crippen LogP contribution in [0.15, 0.2) is 35.9 Å². The lowest BCUT2D eigenvalue weighted by molar-refractivity contribution is 0.322. The summed E-state index contributed by atoms with van der Waals surface area (Å²) in [6.45, 7) is 0. The van der Waals surface area contributed by atoms with Crippen molar-refractivity contribution < 1.29 is 5.21 Å². The molecule has 0 aromatic carbocycles. The first kappa shape index (κ1) is 9.39. The minimum Gasteiger partial charge on any atom is -0.411 e. The van der Waals surface area contributed by atoms with E-state index in [0.717, 1.165) is 16.8 Å². The Balaban J connectivity index is 2.52. The first-order valence-electron chi connectivity index (χ1n) is 4.42. The summed E-state index contributed by atoms with van der Waals surface area (Å²) in [6.07, 6.45) is 6.56. The van der Waals surface area contributed by atoms with Crippen molar-refractivity contribution in [1.29, 1.82) is 0 Å². The number of aromatic nitrogens is 3. The Kier molecular flexibility index (Phi) is 2.45. The van der Waals surface area contributed by atoms with Gasteiger partial charge in [0, 0.05) is 36.8 Å². The highest BCUT2D eigenvalue weighted by Gasteiger charge is 2.07. The highest BCUT2D eigenvalue weighted by atomic mass is 16.4. The third-order valence-electron chi connectivity index (χ3n) is 1.99. The third kappa shape index (κ3) is 1.85. The fourth-order valence-electron chi connectivity index (χ4n) is 1.39. The first-order valence-corrected chi connectivity index (χ1v) is 4.42. The van der Waals surface area contributed by atoms with Crippen LogP contribution in [0.2, 0.25) is 0 Å². The minimum atomic E-state index is 0.753. The van der Waals surface area contributed by atoms with Crippen LogP contribution in [0.25, 0.3) is 11.3 Å². The Bertz CT molecular complexity index is 475. The molecule has 0 spiro atoms. The SMILES string of the molecule is Cn1cc(/C=N/O)c(-c2cccnc2)n1. The summed E-state index contributed by atoms with van der Waals surface area (Å²) in [4.78, 5) is 4.02. The van der Waals surface area contributed by atoms with Crippen molar-refractivity contribution in [2.45, 2.75) is 0 Å². The zero-order valence-corrected chi connectivity index (χ0v) is 8.20. The summed E-state index contributed by atoms with van der Waals surface area (Å²) >= 11 is 0. The molecule has 0 bridgehead atoms. The van der Waals surface area contributed by atoms with Crippen molar-refractivity contribution in [3.8, 4) is 11.3 Å². The Morgan fingerprint density at radius 3 is 3.07 bits per heavy atom. The maximum Gasteiger partial charge on any atom is 0.103 e. The van der Waals surface area contributed by atoms with E-state index < -0.39 is 0 Å². The molecule has 2 heterocycles.